The number of fused-ring (bicyclic) bond motifs is 2. The Bertz CT molecular complexity index is 1680. The summed E-state index contributed by atoms with van der Waals surface area (Å²) >= 11 is 3.61. The van der Waals surface area contributed by atoms with Crippen LogP contribution in [0.5, 0.6) is 0 Å². The van der Waals surface area contributed by atoms with E-state index in [0.29, 0.717) is 22.2 Å². The van der Waals surface area contributed by atoms with Crippen LogP contribution in [0.4, 0.5) is 11.4 Å². The number of allylic oxidation sites excluding steroid dienone is 1. The lowest BCUT2D eigenvalue weighted by Crippen LogP contribution is -2.59. The standard InChI is InChI=1S/C39H47BrN4O7/c1-5-42(6-2)26-16-18-27(19-17-26)43-20-12-8-11-15-31(46)41-22-30(25-13-9-7-10-14-25)50-38(49)32-33-36(47)44(29(23-45)24(3)4)35(37(43)48)39(33)21-28(40)34(32)51-39/h7-10,12-14,16-19,21,24,29-30,32-35,45H,5-6,11,15,20,22-23H2,1-4H3,(H,41,46)/b12-8-/t29-,30-,32-,33+,34-,35-,39+/m0/s1. The van der Waals surface area contributed by atoms with Crippen LogP contribution in [-0.2, 0) is 28.7 Å². The van der Waals surface area contributed by atoms with Crippen LogP contribution >= 0.6 is 15.9 Å². The first-order valence-electron chi connectivity index (χ1n) is 17.9. The second-order valence-corrected chi connectivity index (χ2v) is 14.8. The third-order valence-electron chi connectivity index (χ3n) is 10.6. The Morgan fingerprint density at radius 1 is 1.00 bits per heavy atom. The number of ether oxygens (including phenoxy) is 2. The number of aliphatic hydroxyl groups is 1. The van der Waals surface area contributed by atoms with Gasteiger partial charge in [0.15, 0.2) is 0 Å². The van der Waals surface area contributed by atoms with Gasteiger partial charge in [-0.15, -0.1) is 0 Å². The Morgan fingerprint density at radius 3 is 2.35 bits per heavy atom. The molecule has 11 nitrogen and oxygen atoms in total. The van der Waals surface area contributed by atoms with Crippen molar-refractivity contribution in [3.8, 4) is 0 Å². The summed E-state index contributed by atoms with van der Waals surface area (Å²) in [5.74, 6) is -4.10. The molecule has 6 rings (SSSR count). The molecule has 2 aromatic carbocycles. The summed E-state index contributed by atoms with van der Waals surface area (Å²) in [5, 5.41) is 13.6. The Labute approximate surface area is 307 Å². The molecule has 5 bridgehead atoms. The average molecular weight is 764 g/mol. The fraction of sp³-hybridized carbons (Fsp3) is 0.487. The van der Waals surface area contributed by atoms with Crippen molar-refractivity contribution < 1.29 is 33.8 Å². The van der Waals surface area contributed by atoms with Crippen molar-refractivity contribution >= 4 is 51.0 Å². The van der Waals surface area contributed by atoms with Crippen LogP contribution in [0.2, 0.25) is 0 Å². The fourth-order valence-electron chi connectivity index (χ4n) is 8.01. The highest BCUT2D eigenvalue weighted by atomic mass is 79.9. The molecule has 0 saturated carbocycles. The first kappa shape index (κ1) is 36.8. The highest BCUT2D eigenvalue weighted by Gasteiger charge is 2.75. The fourth-order valence-corrected chi connectivity index (χ4v) is 8.74. The molecule has 0 aliphatic carbocycles. The Morgan fingerprint density at radius 2 is 1.71 bits per heavy atom. The van der Waals surface area contributed by atoms with Crippen LogP contribution in [0.25, 0.3) is 0 Å². The number of anilines is 2. The maximum Gasteiger partial charge on any atom is 0.313 e. The van der Waals surface area contributed by atoms with Crippen molar-refractivity contribution in [2.45, 2.75) is 70.4 Å². The van der Waals surface area contributed by atoms with Gasteiger partial charge in [-0.1, -0.05) is 72.3 Å². The van der Waals surface area contributed by atoms with Crippen LogP contribution in [0.3, 0.4) is 0 Å². The van der Waals surface area contributed by atoms with Gasteiger partial charge in [-0.25, -0.2) is 0 Å². The predicted octanol–water partition coefficient (Wildman–Crippen LogP) is 4.51. The van der Waals surface area contributed by atoms with Crippen molar-refractivity contribution in [3.63, 3.8) is 0 Å². The molecule has 4 aliphatic rings. The SMILES string of the molecule is CCN(CC)c1ccc(N2C/C=C\CCC(=O)NC[C@@H](c3ccccc3)OC(=O)[C@@H]3[C@H]4O[C@@]5(C=C4Br)[C@H](C2=O)N([C@@H](CO)C(C)C)C(=O)[C@@H]35)cc1. The summed E-state index contributed by atoms with van der Waals surface area (Å²) in [7, 11) is 0. The molecule has 4 aliphatic heterocycles. The van der Waals surface area contributed by atoms with E-state index in [2.05, 4.69) is 40.0 Å². The lowest BCUT2D eigenvalue weighted by Gasteiger charge is -2.40. The second-order valence-electron chi connectivity index (χ2n) is 13.9. The van der Waals surface area contributed by atoms with E-state index in [-0.39, 0.29) is 37.9 Å². The number of rotatable bonds is 8. The molecule has 51 heavy (non-hydrogen) atoms. The van der Waals surface area contributed by atoms with Gasteiger partial charge in [0.1, 0.15) is 29.8 Å². The van der Waals surface area contributed by atoms with Crippen molar-refractivity contribution in [1.29, 1.82) is 0 Å². The normalized spacial score (nSPS) is 29.5. The number of nitrogens with zero attached hydrogens (tertiary/aromatic N) is 3. The molecule has 4 heterocycles. The summed E-state index contributed by atoms with van der Waals surface area (Å²) < 4.78 is 13.4. The maximum absolute atomic E-state index is 15.2. The molecule has 7 atom stereocenters. The third kappa shape index (κ3) is 6.73. The molecular weight excluding hydrogens is 716 g/mol. The van der Waals surface area contributed by atoms with E-state index in [9.17, 15) is 19.5 Å². The number of hydrogen-bond acceptors (Lipinski definition) is 8. The first-order chi connectivity index (χ1) is 24.6. The number of hydrogen-bond donors (Lipinski definition) is 2. The number of carbonyl (C=O) groups is 4. The van der Waals surface area contributed by atoms with Gasteiger partial charge in [0.2, 0.25) is 11.8 Å². The number of cyclic esters (lactones) is 1. The van der Waals surface area contributed by atoms with Crippen LogP contribution in [0, 0.1) is 17.8 Å². The summed E-state index contributed by atoms with van der Waals surface area (Å²) in [5.41, 5.74) is 0.815. The number of likely N-dealkylation sites (tertiary alicyclic amines) is 1. The minimum atomic E-state index is -1.50. The number of amides is 3. The van der Waals surface area contributed by atoms with Gasteiger partial charge in [0.25, 0.3) is 5.91 Å². The molecule has 2 saturated heterocycles. The third-order valence-corrected chi connectivity index (χ3v) is 11.3. The van der Waals surface area contributed by atoms with Crippen LogP contribution in [0.1, 0.15) is 52.2 Å². The van der Waals surface area contributed by atoms with Gasteiger partial charge in [-0.3, -0.25) is 19.2 Å². The molecule has 1 spiro atoms. The molecule has 3 amide bonds. The van der Waals surface area contributed by atoms with E-state index in [1.165, 1.54) is 4.90 Å². The largest absolute Gasteiger partial charge is 0.455 e. The quantitative estimate of drug-likeness (QED) is 0.297. The van der Waals surface area contributed by atoms with E-state index in [1.807, 2.05) is 80.6 Å². The van der Waals surface area contributed by atoms with Crippen LogP contribution in [0.15, 0.2) is 77.3 Å². The smallest absolute Gasteiger partial charge is 0.313 e. The topological polar surface area (TPSA) is 129 Å². The van der Waals surface area contributed by atoms with Crippen molar-refractivity contribution in [1.82, 2.24) is 10.2 Å². The maximum atomic E-state index is 15.2. The highest BCUT2D eigenvalue weighted by Crippen LogP contribution is 2.59. The van der Waals surface area contributed by atoms with E-state index < -0.39 is 59.5 Å². The van der Waals surface area contributed by atoms with E-state index in [0.717, 1.165) is 18.8 Å². The van der Waals surface area contributed by atoms with E-state index in [4.69, 9.17) is 9.47 Å². The lowest BCUT2D eigenvalue weighted by molar-refractivity contribution is -0.160. The first-order valence-corrected chi connectivity index (χ1v) is 18.7. The van der Waals surface area contributed by atoms with Crippen LogP contribution < -0.4 is 15.1 Å². The van der Waals surface area contributed by atoms with Gasteiger partial charge < -0.3 is 34.6 Å². The molecule has 272 valence electrons. The summed E-state index contributed by atoms with van der Waals surface area (Å²) in [4.78, 5) is 62.6. The Hall–Kier alpha value is -4.00. The zero-order valence-electron chi connectivity index (χ0n) is 29.5. The van der Waals surface area contributed by atoms with Gasteiger partial charge >= 0.3 is 5.97 Å². The monoisotopic (exact) mass is 762 g/mol. The number of esters is 1. The zero-order valence-corrected chi connectivity index (χ0v) is 31.1. The molecule has 12 heteroatoms. The molecule has 2 N–H and O–H groups in total. The number of aliphatic hydroxyl groups excluding tert-OH is 1. The van der Waals surface area contributed by atoms with E-state index >= 15 is 4.79 Å². The van der Waals surface area contributed by atoms with Crippen molar-refractivity contribution in [3.05, 3.63) is 82.9 Å². The van der Waals surface area contributed by atoms with Crippen molar-refractivity contribution in [2.24, 2.45) is 17.8 Å². The van der Waals surface area contributed by atoms with Gasteiger partial charge in [0.05, 0.1) is 25.1 Å². The average Bonchev–Trinajstić information content (AvgIpc) is 3.72. The molecule has 0 unspecified atom stereocenters. The predicted molar refractivity (Wildman–Crippen MR) is 197 cm³/mol. The number of nitrogens with one attached hydrogen (secondary N) is 1. The minimum absolute atomic E-state index is 0.0434. The molecule has 2 fully saturated rings. The lowest BCUT2D eigenvalue weighted by atomic mass is 9.74. The summed E-state index contributed by atoms with van der Waals surface area (Å²) in [6.07, 6.45) is 4.43. The second kappa shape index (κ2) is 15.3. The minimum Gasteiger partial charge on any atom is -0.455 e. The Balaban J connectivity index is 1.47. The number of halogens is 1. The molecule has 2 aromatic rings. The zero-order chi connectivity index (χ0) is 36.4. The molecular formula is C39H47BrN4O7. The number of carbonyl (C=O) groups excluding carboxylic acids is 4. The van der Waals surface area contributed by atoms with Crippen LogP contribution in [-0.4, -0.2) is 90.3 Å². The number of benzene rings is 2. The Kier molecular flexibility index (Phi) is 11.0. The summed E-state index contributed by atoms with van der Waals surface area (Å²) in [6, 6.07) is 14.9. The molecule has 0 radical (unpaired) electrons. The van der Waals surface area contributed by atoms with E-state index in [1.54, 1.807) is 11.0 Å². The summed E-state index contributed by atoms with van der Waals surface area (Å²) in [6.45, 7) is 9.42. The molecule has 0 aromatic heterocycles. The van der Waals surface area contributed by atoms with Crippen molar-refractivity contribution in [2.75, 3.05) is 42.6 Å². The van der Waals surface area contributed by atoms with Gasteiger partial charge in [-0.2, -0.15) is 0 Å². The highest BCUT2D eigenvalue weighted by molar-refractivity contribution is 9.11. The van der Waals surface area contributed by atoms with Gasteiger partial charge in [-0.05, 0) is 62.1 Å². The van der Waals surface area contributed by atoms with Gasteiger partial charge in [0, 0.05) is 41.9 Å².